The van der Waals surface area contributed by atoms with Gasteiger partial charge in [0.2, 0.25) is 5.91 Å². The Kier molecular flexibility index (Phi) is 5.16. The first kappa shape index (κ1) is 12.0. The van der Waals surface area contributed by atoms with Crippen molar-refractivity contribution >= 4 is 5.91 Å². The smallest absolute Gasteiger partial charge is 0.224 e. The third kappa shape index (κ3) is 4.82. The van der Waals surface area contributed by atoms with Gasteiger partial charge < -0.3 is 5.32 Å². The first-order chi connectivity index (χ1) is 7.22. The van der Waals surface area contributed by atoms with Crippen molar-refractivity contribution in [3.05, 3.63) is 23.8 Å². The Morgan fingerprint density at radius 3 is 3.00 bits per heavy atom. The number of amides is 1. The zero-order valence-electron chi connectivity index (χ0n) is 9.75. The van der Waals surface area contributed by atoms with Gasteiger partial charge in [-0.3, -0.25) is 4.79 Å². The quantitative estimate of drug-likeness (QED) is 0.738. The summed E-state index contributed by atoms with van der Waals surface area (Å²) in [7, 11) is 0. The number of allylic oxidation sites excluding steroid dienone is 3. The summed E-state index contributed by atoms with van der Waals surface area (Å²) in [6.07, 6.45) is 10.0. The van der Waals surface area contributed by atoms with E-state index in [2.05, 4.69) is 31.3 Å². The molecule has 1 atom stereocenters. The maximum Gasteiger partial charge on any atom is 0.224 e. The zero-order chi connectivity index (χ0) is 11.1. The maximum atomic E-state index is 11.6. The molecule has 1 aliphatic rings. The molecule has 1 rings (SSSR count). The second kappa shape index (κ2) is 6.44. The fourth-order valence-corrected chi connectivity index (χ4v) is 1.50. The maximum absolute atomic E-state index is 11.6. The summed E-state index contributed by atoms with van der Waals surface area (Å²) >= 11 is 0. The number of nitrogens with one attached hydrogen (secondary N) is 1. The van der Waals surface area contributed by atoms with Crippen LogP contribution in [0.3, 0.4) is 0 Å². The highest BCUT2D eigenvalue weighted by Crippen LogP contribution is 2.14. The Morgan fingerprint density at radius 2 is 2.40 bits per heavy atom. The summed E-state index contributed by atoms with van der Waals surface area (Å²) < 4.78 is 0. The average molecular weight is 207 g/mol. The molecule has 1 amide bonds. The molecule has 15 heavy (non-hydrogen) atoms. The molecule has 0 heterocycles. The summed E-state index contributed by atoms with van der Waals surface area (Å²) in [6, 6.07) is 0. The van der Waals surface area contributed by atoms with Gasteiger partial charge in [-0.2, -0.15) is 0 Å². The summed E-state index contributed by atoms with van der Waals surface area (Å²) in [4.78, 5) is 11.6. The molecule has 84 valence electrons. The van der Waals surface area contributed by atoms with Crippen LogP contribution in [-0.2, 0) is 4.79 Å². The minimum atomic E-state index is 0.164. The Morgan fingerprint density at radius 1 is 1.60 bits per heavy atom. The van der Waals surface area contributed by atoms with Crippen LogP contribution in [-0.4, -0.2) is 12.5 Å². The summed E-state index contributed by atoms with van der Waals surface area (Å²) in [6.45, 7) is 5.10. The lowest BCUT2D eigenvalue weighted by Gasteiger charge is -2.12. The van der Waals surface area contributed by atoms with Crippen LogP contribution in [0, 0.1) is 5.92 Å². The molecule has 0 aromatic rings. The normalized spacial score (nSPS) is 17.1. The van der Waals surface area contributed by atoms with E-state index >= 15 is 0 Å². The highest BCUT2D eigenvalue weighted by molar-refractivity contribution is 5.78. The van der Waals surface area contributed by atoms with E-state index in [1.54, 1.807) is 0 Å². The second-order valence-corrected chi connectivity index (χ2v) is 4.29. The minimum absolute atomic E-state index is 0.164. The Balaban J connectivity index is 2.23. The molecule has 1 aliphatic carbocycles. The van der Waals surface area contributed by atoms with Crippen molar-refractivity contribution < 1.29 is 4.79 Å². The van der Waals surface area contributed by atoms with E-state index < -0.39 is 0 Å². The topological polar surface area (TPSA) is 29.1 Å². The fourth-order valence-electron chi connectivity index (χ4n) is 1.50. The molecule has 0 saturated heterocycles. The monoisotopic (exact) mass is 207 g/mol. The van der Waals surface area contributed by atoms with Gasteiger partial charge in [-0.25, -0.2) is 0 Å². The van der Waals surface area contributed by atoms with Gasteiger partial charge in [0.1, 0.15) is 0 Å². The predicted molar refractivity (Wildman–Crippen MR) is 63.5 cm³/mol. The molecule has 1 N–H and O–H groups in total. The molecule has 2 nitrogen and oxygen atoms in total. The average Bonchev–Trinajstić information content (AvgIpc) is 2.27. The van der Waals surface area contributed by atoms with Crippen LogP contribution >= 0.6 is 0 Å². The lowest BCUT2D eigenvalue weighted by atomic mass is 10.0. The van der Waals surface area contributed by atoms with Gasteiger partial charge >= 0.3 is 0 Å². The van der Waals surface area contributed by atoms with Crippen LogP contribution in [0.2, 0.25) is 0 Å². The molecule has 0 fully saturated rings. The molecule has 0 radical (unpaired) electrons. The van der Waals surface area contributed by atoms with E-state index in [-0.39, 0.29) is 5.91 Å². The van der Waals surface area contributed by atoms with Gasteiger partial charge in [0.25, 0.3) is 0 Å². The SMILES string of the molecule is CCC(C)CNC(=O)CC1=CC=CCC1. The first-order valence-electron chi connectivity index (χ1n) is 5.83. The van der Waals surface area contributed by atoms with E-state index in [1.807, 2.05) is 6.08 Å². The molecule has 0 bridgehead atoms. The van der Waals surface area contributed by atoms with Crippen molar-refractivity contribution in [3.63, 3.8) is 0 Å². The summed E-state index contributed by atoms with van der Waals surface area (Å²) in [5.74, 6) is 0.742. The van der Waals surface area contributed by atoms with Crippen molar-refractivity contribution in [3.8, 4) is 0 Å². The van der Waals surface area contributed by atoms with Crippen LogP contribution < -0.4 is 5.32 Å². The Labute approximate surface area is 92.4 Å². The second-order valence-electron chi connectivity index (χ2n) is 4.29. The molecule has 2 heteroatoms. The number of carbonyl (C=O) groups is 1. The fraction of sp³-hybridized carbons (Fsp3) is 0.615. The minimum Gasteiger partial charge on any atom is -0.356 e. The molecule has 0 saturated carbocycles. The van der Waals surface area contributed by atoms with Crippen molar-refractivity contribution in [1.82, 2.24) is 5.32 Å². The van der Waals surface area contributed by atoms with Gasteiger partial charge in [-0.05, 0) is 18.8 Å². The van der Waals surface area contributed by atoms with Crippen molar-refractivity contribution in [1.29, 1.82) is 0 Å². The van der Waals surface area contributed by atoms with E-state index in [1.165, 1.54) is 5.57 Å². The third-order valence-corrected chi connectivity index (χ3v) is 2.83. The van der Waals surface area contributed by atoms with Gasteiger partial charge in [-0.1, -0.05) is 44.1 Å². The molecule has 0 aliphatic heterocycles. The van der Waals surface area contributed by atoms with Gasteiger partial charge in [-0.15, -0.1) is 0 Å². The van der Waals surface area contributed by atoms with Gasteiger partial charge in [0, 0.05) is 13.0 Å². The van der Waals surface area contributed by atoms with Gasteiger partial charge in [0.05, 0.1) is 0 Å². The first-order valence-corrected chi connectivity index (χ1v) is 5.83. The molecular weight excluding hydrogens is 186 g/mol. The molecule has 0 spiro atoms. The van der Waals surface area contributed by atoms with Gasteiger partial charge in [0.15, 0.2) is 0 Å². The van der Waals surface area contributed by atoms with Crippen LogP contribution in [0.4, 0.5) is 0 Å². The summed E-state index contributed by atoms with van der Waals surface area (Å²) in [5, 5.41) is 2.98. The van der Waals surface area contributed by atoms with Crippen LogP contribution in [0.25, 0.3) is 0 Å². The zero-order valence-corrected chi connectivity index (χ0v) is 9.75. The standard InChI is InChI=1S/C13H21NO/c1-3-11(2)10-14-13(15)9-12-7-5-4-6-8-12/h4-5,7,11H,3,6,8-10H2,1-2H3,(H,14,15). The summed E-state index contributed by atoms with van der Waals surface area (Å²) in [5.41, 5.74) is 1.25. The van der Waals surface area contributed by atoms with E-state index in [9.17, 15) is 4.79 Å². The molecule has 0 aromatic carbocycles. The van der Waals surface area contributed by atoms with E-state index in [0.717, 1.165) is 25.8 Å². The predicted octanol–water partition coefficient (Wildman–Crippen LogP) is 2.82. The van der Waals surface area contributed by atoms with Crippen molar-refractivity contribution in [2.45, 2.75) is 39.5 Å². The molecule has 0 aromatic heterocycles. The molecule has 1 unspecified atom stereocenters. The third-order valence-electron chi connectivity index (χ3n) is 2.83. The number of rotatable bonds is 5. The largest absolute Gasteiger partial charge is 0.356 e. The van der Waals surface area contributed by atoms with Crippen molar-refractivity contribution in [2.24, 2.45) is 5.92 Å². The number of carbonyl (C=O) groups excluding carboxylic acids is 1. The Hall–Kier alpha value is -1.05. The van der Waals surface area contributed by atoms with Crippen molar-refractivity contribution in [2.75, 3.05) is 6.54 Å². The highest BCUT2D eigenvalue weighted by atomic mass is 16.1. The number of hydrogen-bond donors (Lipinski definition) is 1. The van der Waals surface area contributed by atoms with E-state index in [0.29, 0.717) is 12.3 Å². The lowest BCUT2D eigenvalue weighted by Crippen LogP contribution is -2.28. The van der Waals surface area contributed by atoms with E-state index in [4.69, 9.17) is 0 Å². The lowest BCUT2D eigenvalue weighted by molar-refractivity contribution is -0.120. The van der Waals surface area contributed by atoms with Crippen LogP contribution in [0.5, 0.6) is 0 Å². The highest BCUT2D eigenvalue weighted by Gasteiger charge is 2.07. The Bertz CT molecular complexity index is 266. The molecular formula is C13H21NO. The van der Waals surface area contributed by atoms with Crippen LogP contribution in [0.1, 0.15) is 39.5 Å². The number of hydrogen-bond acceptors (Lipinski definition) is 1. The van der Waals surface area contributed by atoms with Crippen LogP contribution in [0.15, 0.2) is 23.8 Å².